The van der Waals surface area contributed by atoms with E-state index in [1.807, 2.05) is 0 Å². The zero-order chi connectivity index (χ0) is 8.85. The van der Waals surface area contributed by atoms with Crippen LogP contribution in [0.2, 0.25) is 0 Å². The van der Waals surface area contributed by atoms with Crippen LogP contribution in [0.25, 0.3) is 0 Å². The van der Waals surface area contributed by atoms with Gasteiger partial charge in [-0.1, -0.05) is 0 Å². The SMILES string of the molecule is CCNC(=O)[C@H](O)[C@@H](O)C=O. The van der Waals surface area contributed by atoms with Crippen molar-refractivity contribution in [1.82, 2.24) is 5.32 Å². The summed E-state index contributed by atoms with van der Waals surface area (Å²) in [6.45, 7) is 2.01. The van der Waals surface area contributed by atoms with Gasteiger partial charge >= 0.3 is 0 Å². The Kier molecular flexibility index (Phi) is 4.40. The molecule has 0 aliphatic heterocycles. The van der Waals surface area contributed by atoms with Crippen molar-refractivity contribution < 1.29 is 19.8 Å². The van der Waals surface area contributed by atoms with Crippen LogP contribution in [0.1, 0.15) is 6.92 Å². The third-order valence-corrected chi connectivity index (χ3v) is 1.08. The van der Waals surface area contributed by atoms with Crippen molar-refractivity contribution >= 4 is 12.2 Å². The molecule has 0 aliphatic rings. The molecule has 0 aromatic rings. The number of hydrogen-bond acceptors (Lipinski definition) is 4. The van der Waals surface area contributed by atoms with Crippen LogP contribution in [0, 0.1) is 0 Å². The van der Waals surface area contributed by atoms with Crippen LogP contribution in [-0.2, 0) is 9.59 Å². The highest BCUT2D eigenvalue weighted by Crippen LogP contribution is 1.89. The fraction of sp³-hybridized carbons (Fsp3) is 0.667. The lowest BCUT2D eigenvalue weighted by atomic mass is 10.2. The molecule has 0 aromatic carbocycles. The first kappa shape index (κ1) is 10.1. The standard InChI is InChI=1S/C6H11NO4/c1-2-7-6(11)5(10)4(9)3-8/h3-5,9-10H,2H2,1H3,(H,7,11)/t4-,5+/m0/s1. The molecule has 0 radical (unpaired) electrons. The molecular weight excluding hydrogens is 150 g/mol. The van der Waals surface area contributed by atoms with Crippen molar-refractivity contribution in [3.05, 3.63) is 0 Å². The summed E-state index contributed by atoms with van der Waals surface area (Å²) in [7, 11) is 0. The van der Waals surface area contributed by atoms with Crippen molar-refractivity contribution in [3.63, 3.8) is 0 Å². The van der Waals surface area contributed by atoms with Gasteiger partial charge in [-0.3, -0.25) is 4.79 Å². The smallest absolute Gasteiger partial charge is 0.252 e. The van der Waals surface area contributed by atoms with Gasteiger partial charge in [-0.2, -0.15) is 0 Å². The minimum Gasteiger partial charge on any atom is -0.382 e. The summed E-state index contributed by atoms with van der Waals surface area (Å²) in [6.07, 6.45) is -3.19. The van der Waals surface area contributed by atoms with Crippen LogP contribution < -0.4 is 5.32 Å². The van der Waals surface area contributed by atoms with Gasteiger partial charge in [0, 0.05) is 6.54 Å². The van der Waals surface area contributed by atoms with Gasteiger partial charge in [-0.25, -0.2) is 0 Å². The summed E-state index contributed by atoms with van der Waals surface area (Å²) in [4.78, 5) is 20.5. The van der Waals surface area contributed by atoms with Crippen LogP contribution in [0.4, 0.5) is 0 Å². The highest BCUT2D eigenvalue weighted by atomic mass is 16.3. The van der Waals surface area contributed by atoms with Gasteiger partial charge in [-0.05, 0) is 6.92 Å². The van der Waals surface area contributed by atoms with E-state index < -0.39 is 18.1 Å². The lowest BCUT2D eigenvalue weighted by molar-refractivity contribution is -0.139. The third kappa shape index (κ3) is 3.10. The number of amides is 1. The van der Waals surface area contributed by atoms with Gasteiger partial charge in [0.05, 0.1) is 0 Å². The lowest BCUT2D eigenvalue weighted by Gasteiger charge is -2.10. The van der Waals surface area contributed by atoms with E-state index in [9.17, 15) is 9.59 Å². The highest BCUT2D eigenvalue weighted by Gasteiger charge is 2.22. The normalized spacial score (nSPS) is 15.2. The van der Waals surface area contributed by atoms with Crippen molar-refractivity contribution in [2.24, 2.45) is 0 Å². The molecule has 0 bridgehead atoms. The second kappa shape index (κ2) is 4.81. The monoisotopic (exact) mass is 161 g/mol. The number of nitrogens with one attached hydrogen (secondary N) is 1. The second-order valence-corrected chi connectivity index (χ2v) is 1.97. The maximum atomic E-state index is 10.7. The molecule has 64 valence electrons. The Bertz CT molecular complexity index is 148. The predicted molar refractivity (Wildman–Crippen MR) is 36.8 cm³/mol. The van der Waals surface area contributed by atoms with E-state index in [1.54, 1.807) is 6.92 Å². The zero-order valence-electron chi connectivity index (χ0n) is 6.15. The molecule has 0 heterocycles. The molecule has 1 amide bonds. The third-order valence-electron chi connectivity index (χ3n) is 1.08. The number of aldehydes is 1. The van der Waals surface area contributed by atoms with Gasteiger partial charge in [0.25, 0.3) is 5.91 Å². The second-order valence-electron chi connectivity index (χ2n) is 1.97. The van der Waals surface area contributed by atoms with E-state index in [0.29, 0.717) is 6.54 Å². The molecule has 0 aromatic heterocycles. The minimum atomic E-state index is -1.66. The molecule has 0 aliphatic carbocycles. The Labute approximate surface area is 64.0 Å². The van der Waals surface area contributed by atoms with E-state index in [-0.39, 0.29) is 6.29 Å². The van der Waals surface area contributed by atoms with E-state index >= 15 is 0 Å². The fourth-order valence-electron chi connectivity index (χ4n) is 0.508. The Morgan fingerprint density at radius 1 is 1.64 bits per heavy atom. The van der Waals surface area contributed by atoms with Gasteiger partial charge < -0.3 is 20.3 Å². The van der Waals surface area contributed by atoms with Gasteiger partial charge in [-0.15, -0.1) is 0 Å². The van der Waals surface area contributed by atoms with Gasteiger partial charge in [0.15, 0.2) is 12.4 Å². The number of aliphatic hydroxyl groups excluding tert-OH is 2. The topological polar surface area (TPSA) is 86.6 Å². The van der Waals surface area contributed by atoms with Gasteiger partial charge in [0.1, 0.15) is 6.10 Å². The summed E-state index contributed by atoms with van der Waals surface area (Å²) < 4.78 is 0. The van der Waals surface area contributed by atoms with Crippen molar-refractivity contribution in [1.29, 1.82) is 0 Å². The Morgan fingerprint density at radius 2 is 2.18 bits per heavy atom. The zero-order valence-corrected chi connectivity index (χ0v) is 6.15. The van der Waals surface area contributed by atoms with Crippen LogP contribution in [-0.4, -0.2) is 41.2 Å². The van der Waals surface area contributed by atoms with Crippen LogP contribution >= 0.6 is 0 Å². The van der Waals surface area contributed by atoms with E-state index in [1.165, 1.54) is 0 Å². The van der Waals surface area contributed by atoms with Crippen LogP contribution in [0.15, 0.2) is 0 Å². The van der Waals surface area contributed by atoms with Gasteiger partial charge in [0.2, 0.25) is 0 Å². The molecule has 5 heteroatoms. The van der Waals surface area contributed by atoms with E-state index in [0.717, 1.165) is 0 Å². The average molecular weight is 161 g/mol. The number of likely N-dealkylation sites (N-methyl/N-ethyl adjacent to an activating group) is 1. The van der Waals surface area contributed by atoms with E-state index in [2.05, 4.69) is 5.32 Å². The fourth-order valence-corrected chi connectivity index (χ4v) is 0.508. The predicted octanol–water partition coefficient (Wildman–Crippen LogP) is -1.96. The first-order valence-electron chi connectivity index (χ1n) is 3.22. The Balaban J connectivity index is 3.90. The summed E-state index contributed by atoms with van der Waals surface area (Å²) >= 11 is 0. The molecule has 0 saturated carbocycles. The molecule has 2 atom stereocenters. The maximum absolute atomic E-state index is 10.7. The lowest BCUT2D eigenvalue weighted by Crippen LogP contribution is -2.42. The number of aliphatic hydroxyl groups is 2. The van der Waals surface area contributed by atoms with Crippen LogP contribution in [0.5, 0.6) is 0 Å². The number of carbonyl (C=O) groups excluding carboxylic acids is 2. The quantitative estimate of drug-likeness (QED) is 0.418. The molecule has 0 saturated heterocycles. The summed E-state index contributed by atoms with van der Waals surface area (Å²) in [5.41, 5.74) is 0. The molecule has 11 heavy (non-hydrogen) atoms. The number of carbonyl (C=O) groups is 2. The first-order chi connectivity index (χ1) is 5.13. The molecule has 5 nitrogen and oxygen atoms in total. The van der Waals surface area contributed by atoms with Crippen LogP contribution in [0.3, 0.4) is 0 Å². The highest BCUT2D eigenvalue weighted by molar-refractivity contribution is 5.84. The Morgan fingerprint density at radius 3 is 2.55 bits per heavy atom. The summed E-state index contributed by atoms with van der Waals surface area (Å²) in [6, 6.07) is 0. The van der Waals surface area contributed by atoms with E-state index in [4.69, 9.17) is 10.2 Å². The number of hydrogen-bond donors (Lipinski definition) is 3. The summed E-state index contributed by atoms with van der Waals surface area (Å²) in [5.74, 6) is -0.743. The molecule has 0 spiro atoms. The largest absolute Gasteiger partial charge is 0.382 e. The Hall–Kier alpha value is -0.940. The number of rotatable bonds is 4. The minimum absolute atomic E-state index is 0.111. The molecule has 0 rings (SSSR count). The summed E-state index contributed by atoms with van der Waals surface area (Å²) in [5, 5.41) is 19.7. The molecule has 0 fully saturated rings. The average Bonchev–Trinajstić information content (AvgIpc) is 2.02. The van der Waals surface area contributed by atoms with Crippen molar-refractivity contribution in [2.45, 2.75) is 19.1 Å². The van der Waals surface area contributed by atoms with Crippen molar-refractivity contribution in [2.75, 3.05) is 6.54 Å². The first-order valence-corrected chi connectivity index (χ1v) is 3.22. The van der Waals surface area contributed by atoms with Crippen molar-refractivity contribution in [3.8, 4) is 0 Å². The molecule has 3 N–H and O–H groups in total. The maximum Gasteiger partial charge on any atom is 0.252 e. The molecular formula is C6H11NO4. The molecule has 0 unspecified atom stereocenters.